The van der Waals surface area contributed by atoms with E-state index >= 15 is 0 Å². The number of hydrogen-bond donors (Lipinski definition) is 0. The second kappa shape index (κ2) is 10.3. The van der Waals surface area contributed by atoms with Crippen molar-refractivity contribution in [1.82, 2.24) is 0 Å². The molecule has 0 saturated carbocycles. The monoisotopic (exact) mass is 472 g/mol. The highest BCUT2D eigenvalue weighted by atomic mass is 31.1. The van der Waals surface area contributed by atoms with Crippen molar-refractivity contribution in [1.29, 1.82) is 0 Å². The van der Waals surface area contributed by atoms with E-state index in [1.165, 1.54) is 43.7 Å². The molecular weight excluding hydrogens is 443 g/mol. The van der Waals surface area contributed by atoms with Crippen LogP contribution < -0.4 is 20.7 Å². The predicted molar refractivity (Wildman–Crippen MR) is 152 cm³/mol. The third-order valence-electron chi connectivity index (χ3n) is 6.44. The van der Waals surface area contributed by atoms with Gasteiger partial charge in [-0.05, 0) is 77.6 Å². The van der Waals surface area contributed by atoms with Gasteiger partial charge in [-0.25, -0.2) is 0 Å². The third kappa shape index (κ3) is 4.65. The molecule has 0 aliphatic heterocycles. The van der Waals surface area contributed by atoms with Crippen LogP contribution in [0.5, 0.6) is 5.75 Å². The molecule has 5 rings (SSSR count). The van der Waals surface area contributed by atoms with Gasteiger partial charge < -0.3 is 4.74 Å². The summed E-state index contributed by atoms with van der Waals surface area (Å²) >= 11 is 0. The van der Waals surface area contributed by atoms with Gasteiger partial charge in [0.2, 0.25) is 0 Å². The van der Waals surface area contributed by atoms with Gasteiger partial charge >= 0.3 is 0 Å². The predicted octanol–water partition coefficient (Wildman–Crippen LogP) is 7.40. The molecule has 0 fully saturated rings. The standard InChI is InChI=1S/C33H29OP/c1-24-19-21-29(35(27-15-9-5-10-16-27)28-17-11-6-12-18-28)23-30(24)33-31(34-3)22-20-25(2)32(33)26-13-7-4-8-14-26/h4-23H,1-3H3. The maximum absolute atomic E-state index is 5.95. The summed E-state index contributed by atoms with van der Waals surface area (Å²) in [6, 6.07) is 43.6. The molecule has 0 aliphatic carbocycles. The molecule has 172 valence electrons. The molecule has 0 amide bonds. The zero-order valence-electron chi connectivity index (χ0n) is 20.4. The topological polar surface area (TPSA) is 9.23 Å². The Balaban J connectivity index is 1.76. The van der Waals surface area contributed by atoms with Gasteiger partial charge in [0, 0.05) is 5.56 Å². The SMILES string of the molecule is COc1ccc(C)c(-c2ccccc2)c1-c1cc(P(c2ccccc2)c2ccccc2)ccc1C. The van der Waals surface area contributed by atoms with E-state index in [2.05, 4.69) is 135 Å². The molecule has 0 heterocycles. The summed E-state index contributed by atoms with van der Waals surface area (Å²) in [5.74, 6) is 0.901. The van der Waals surface area contributed by atoms with E-state index in [9.17, 15) is 0 Å². The van der Waals surface area contributed by atoms with Crippen LogP contribution in [0.4, 0.5) is 0 Å². The van der Waals surface area contributed by atoms with Crippen LogP contribution in [0.25, 0.3) is 22.3 Å². The van der Waals surface area contributed by atoms with Crippen LogP contribution in [0.2, 0.25) is 0 Å². The van der Waals surface area contributed by atoms with Crippen molar-refractivity contribution >= 4 is 23.8 Å². The van der Waals surface area contributed by atoms with Gasteiger partial charge in [-0.1, -0.05) is 109 Å². The molecule has 0 saturated heterocycles. The number of rotatable bonds is 6. The van der Waals surface area contributed by atoms with E-state index in [1.807, 2.05) is 0 Å². The van der Waals surface area contributed by atoms with Crippen LogP contribution in [-0.4, -0.2) is 7.11 Å². The smallest absolute Gasteiger partial charge is 0.127 e. The number of ether oxygens (including phenoxy) is 1. The molecule has 0 spiro atoms. The van der Waals surface area contributed by atoms with Gasteiger partial charge in [0.15, 0.2) is 0 Å². The first-order chi connectivity index (χ1) is 17.2. The van der Waals surface area contributed by atoms with Crippen molar-refractivity contribution in [2.45, 2.75) is 13.8 Å². The summed E-state index contributed by atoms with van der Waals surface area (Å²) < 4.78 is 5.95. The Kier molecular flexibility index (Phi) is 6.80. The average molecular weight is 473 g/mol. The highest BCUT2D eigenvalue weighted by Crippen LogP contribution is 2.43. The van der Waals surface area contributed by atoms with Crippen molar-refractivity contribution in [3.8, 4) is 28.0 Å². The molecule has 0 unspecified atom stereocenters. The number of methoxy groups -OCH3 is 1. The van der Waals surface area contributed by atoms with Crippen molar-refractivity contribution in [2.24, 2.45) is 0 Å². The molecule has 5 aromatic rings. The molecule has 5 aromatic carbocycles. The summed E-state index contributed by atoms with van der Waals surface area (Å²) in [5.41, 5.74) is 7.30. The highest BCUT2D eigenvalue weighted by molar-refractivity contribution is 7.79. The zero-order valence-corrected chi connectivity index (χ0v) is 21.3. The van der Waals surface area contributed by atoms with E-state index in [1.54, 1.807) is 7.11 Å². The van der Waals surface area contributed by atoms with Gasteiger partial charge in [-0.3, -0.25) is 0 Å². The zero-order chi connectivity index (χ0) is 24.2. The maximum Gasteiger partial charge on any atom is 0.127 e. The van der Waals surface area contributed by atoms with Gasteiger partial charge in [0.1, 0.15) is 5.75 Å². The van der Waals surface area contributed by atoms with Crippen molar-refractivity contribution in [2.75, 3.05) is 7.11 Å². The summed E-state index contributed by atoms with van der Waals surface area (Å²) in [5, 5.41) is 4.03. The average Bonchev–Trinajstić information content (AvgIpc) is 2.91. The summed E-state index contributed by atoms with van der Waals surface area (Å²) in [6.07, 6.45) is 0. The van der Waals surface area contributed by atoms with E-state index in [4.69, 9.17) is 4.74 Å². The lowest BCUT2D eigenvalue weighted by Gasteiger charge is -2.23. The van der Waals surface area contributed by atoms with Crippen LogP contribution in [0.15, 0.2) is 121 Å². The minimum atomic E-state index is -0.691. The Morgan fingerprint density at radius 2 is 1.06 bits per heavy atom. The molecule has 0 radical (unpaired) electrons. The number of hydrogen-bond acceptors (Lipinski definition) is 1. The fourth-order valence-corrected chi connectivity index (χ4v) is 7.04. The first-order valence-electron chi connectivity index (χ1n) is 11.9. The lowest BCUT2D eigenvalue weighted by atomic mass is 9.88. The van der Waals surface area contributed by atoms with Crippen molar-refractivity contribution < 1.29 is 4.74 Å². The first-order valence-corrected chi connectivity index (χ1v) is 13.3. The van der Waals surface area contributed by atoms with Crippen LogP contribution in [-0.2, 0) is 0 Å². The molecule has 0 aliphatic rings. The fourth-order valence-electron chi connectivity index (χ4n) is 4.72. The molecule has 0 bridgehead atoms. The molecule has 0 N–H and O–H groups in total. The van der Waals surface area contributed by atoms with E-state index in [0.29, 0.717) is 0 Å². The summed E-state index contributed by atoms with van der Waals surface area (Å²) in [7, 11) is 1.08. The lowest BCUT2D eigenvalue weighted by molar-refractivity contribution is 0.416. The largest absolute Gasteiger partial charge is 0.496 e. The summed E-state index contributed by atoms with van der Waals surface area (Å²) in [4.78, 5) is 0. The van der Waals surface area contributed by atoms with E-state index in [0.717, 1.165) is 11.3 Å². The molecule has 2 heteroatoms. The Morgan fingerprint density at radius 3 is 1.63 bits per heavy atom. The molecule has 1 nitrogen and oxygen atoms in total. The first kappa shape index (κ1) is 23.1. The fraction of sp³-hybridized carbons (Fsp3) is 0.0909. The van der Waals surface area contributed by atoms with Gasteiger partial charge in [0.05, 0.1) is 7.11 Å². The molecule has 0 atom stereocenters. The third-order valence-corrected chi connectivity index (χ3v) is 8.86. The Morgan fingerprint density at radius 1 is 0.514 bits per heavy atom. The minimum absolute atomic E-state index is 0.691. The van der Waals surface area contributed by atoms with Crippen LogP contribution in [0.3, 0.4) is 0 Å². The number of benzene rings is 5. The Labute approximate surface area is 209 Å². The molecule has 35 heavy (non-hydrogen) atoms. The van der Waals surface area contributed by atoms with Crippen LogP contribution in [0, 0.1) is 13.8 Å². The number of aryl methyl sites for hydroxylation is 2. The van der Waals surface area contributed by atoms with Gasteiger partial charge in [-0.2, -0.15) is 0 Å². The second-order valence-electron chi connectivity index (χ2n) is 8.71. The van der Waals surface area contributed by atoms with Crippen molar-refractivity contribution in [3.05, 3.63) is 132 Å². The molecule has 0 aromatic heterocycles. The summed E-state index contributed by atoms with van der Waals surface area (Å²) in [6.45, 7) is 4.38. The maximum atomic E-state index is 5.95. The van der Waals surface area contributed by atoms with Gasteiger partial charge in [-0.15, -0.1) is 0 Å². The van der Waals surface area contributed by atoms with Crippen LogP contribution in [0.1, 0.15) is 11.1 Å². The highest BCUT2D eigenvalue weighted by Gasteiger charge is 2.21. The van der Waals surface area contributed by atoms with E-state index < -0.39 is 7.92 Å². The molecular formula is C33H29OP. The van der Waals surface area contributed by atoms with Gasteiger partial charge in [0.25, 0.3) is 0 Å². The second-order valence-corrected chi connectivity index (χ2v) is 10.9. The Hall–Kier alpha value is -3.67. The minimum Gasteiger partial charge on any atom is -0.496 e. The van der Waals surface area contributed by atoms with Crippen molar-refractivity contribution in [3.63, 3.8) is 0 Å². The van der Waals surface area contributed by atoms with Crippen LogP contribution >= 0.6 is 7.92 Å². The van der Waals surface area contributed by atoms with E-state index in [-0.39, 0.29) is 0 Å². The quantitative estimate of drug-likeness (QED) is 0.234. The lowest BCUT2D eigenvalue weighted by Crippen LogP contribution is -2.20. The Bertz CT molecular complexity index is 1390. The normalized spacial score (nSPS) is 11.0.